The normalized spacial score (nSPS) is 11.2. The van der Waals surface area contributed by atoms with Gasteiger partial charge in [-0.05, 0) is 16.8 Å². The van der Waals surface area contributed by atoms with Gasteiger partial charge in [0.2, 0.25) is 5.91 Å². The van der Waals surface area contributed by atoms with Crippen LogP contribution < -0.4 is 11.5 Å². The molecule has 0 spiro atoms. The molecule has 21 heavy (non-hydrogen) atoms. The van der Waals surface area contributed by atoms with Crippen molar-refractivity contribution in [3.8, 4) is 11.8 Å². The van der Waals surface area contributed by atoms with Gasteiger partial charge in [0.25, 0.3) is 0 Å². The molecule has 0 fully saturated rings. The van der Waals surface area contributed by atoms with Crippen molar-refractivity contribution in [2.45, 2.75) is 12.5 Å². The van der Waals surface area contributed by atoms with Crippen molar-refractivity contribution in [1.82, 2.24) is 0 Å². The number of rotatable bonds is 3. The van der Waals surface area contributed by atoms with E-state index >= 15 is 0 Å². The van der Waals surface area contributed by atoms with Crippen molar-refractivity contribution in [2.24, 2.45) is 11.5 Å². The second kappa shape index (κ2) is 6.44. The number of ether oxygens (including phenoxy) is 1. The van der Waals surface area contributed by atoms with E-state index < -0.39 is 18.1 Å². The third-order valence-corrected chi connectivity index (χ3v) is 2.80. The van der Waals surface area contributed by atoms with Crippen LogP contribution in [-0.4, -0.2) is 18.1 Å². The first-order valence-corrected chi connectivity index (χ1v) is 6.30. The van der Waals surface area contributed by atoms with E-state index in [1.807, 2.05) is 42.5 Å². The van der Waals surface area contributed by atoms with E-state index in [0.29, 0.717) is 0 Å². The summed E-state index contributed by atoms with van der Waals surface area (Å²) < 4.78 is 4.76. The molecule has 0 aliphatic rings. The summed E-state index contributed by atoms with van der Waals surface area (Å²) in [6.45, 7) is 0. The molecular formula is C16H14N2O3. The van der Waals surface area contributed by atoms with Crippen LogP contribution in [0.2, 0.25) is 0 Å². The molecule has 0 aliphatic carbocycles. The molecule has 2 aromatic carbocycles. The van der Waals surface area contributed by atoms with Gasteiger partial charge in [0.05, 0.1) is 6.42 Å². The van der Waals surface area contributed by atoms with E-state index in [0.717, 1.165) is 16.3 Å². The van der Waals surface area contributed by atoms with E-state index in [1.54, 1.807) is 0 Å². The molecule has 5 nitrogen and oxygen atoms in total. The van der Waals surface area contributed by atoms with Crippen molar-refractivity contribution in [1.29, 1.82) is 0 Å². The van der Waals surface area contributed by atoms with Crippen LogP contribution in [0.4, 0.5) is 4.79 Å². The van der Waals surface area contributed by atoms with E-state index in [4.69, 9.17) is 16.2 Å². The first-order chi connectivity index (χ1) is 10.1. The summed E-state index contributed by atoms with van der Waals surface area (Å²) in [5, 5.41) is 2.02. The van der Waals surface area contributed by atoms with E-state index in [2.05, 4.69) is 11.8 Å². The Bertz CT molecular complexity index is 723. The van der Waals surface area contributed by atoms with Crippen molar-refractivity contribution in [3.05, 3.63) is 48.0 Å². The molecule has 1 atom stereocenters. The molecule has 0 saturated carbocycles. The number of benzene rings is 2. The van der Waals surface area contributed by atoms with Crippen molar-refractivity contribution >= 4 is 22.8 Å². The lowest BCUT2D eigenvalue weighted by atomic mass is 10.0. The maximum Gasteiger partial charge on any atom is 0.405 e. The molecule has 2 aromatic rings. The van der Waals surface area contributed by atoms with Gasteiger partial charge in [-0.1, -0.05) is 48.2 Å². The first kappa shape index (κ1) is 14.4. The molecule has 1 unspecified atom stereocenters. The van der Waals surface area contributed by atoms with Gasteiger partial charge in [-0.15, -0.1) is 0 Å². The minimum Gasteiger partial charge on any atom is -0.433 e. The molecule has 0 aliphatic heterocycles. The van der Waals surface area contributed by atoms with E-state index in [-0.39, 0.29) is 6.42 Å². The third-order valence-electron chi connectivity index (χ3n) is 2.80. The lowest BCUT2D eigenvalue weighted by molar-refractivity contribution is -0.119. The molecule has 0 radical (unpaired) electrons. The van der Waals surface area contributed by atoms with Gasteiger partial charge < -0.3 is 16.2 Å². The van der Waals surface area contributed by atoms with Crippen LogP contribution in [0.3, 0.4) is 0 Å². The Hall–Kier alpha value is -3.00. The molecule has 4 N–H and O–H groups in total. The van der Waals surface area contributed by atoms with Crippen LogP contribution in [0.1, 0.15) is 12.0 Å². The van der Waals surface area contributed by atoms with Crippen LogP contribution in [0.25, 0.3) is 10.8 Å². The number of carbonyl (C=O) groups is 2. The van der Waals surface area contributed by atoms with Crippen molar-refractivity contribution < 1.29 is 14.3 Å². The lowest BCUT2D eigenvalue weighted by Gasteiger charge is -2.07. The van der Waals surface area contributed by atoms with Crippen LogP contribution in [0, 0.1) is 11.8 Å². The summed E-state index contributed by atoms with van der Waals surface area (Å²) in [6, 6.07) is 13.5. The molecule has 2 rings (SSSR count). The van der Waals surface area contributed by atoms with E-state index in [9.17, 15) is 9.59 Å². The number of primary amides is 2. The van der Waals surface area contributed by atoms with Gasteiger partial charge in [0.1, 0.15) is 0 Å². The number of nitrogens with two attached hydrogens (primary N) is 2. The Morgan fingerprint density at radius 3 is 2.52 bits per heavy atom. The minimum atomic E-state index is -0.992. The second-order valence-corrected chi connectivity index (χ2v) is 4.39. The predicted octanol–water partition coefficient (Wildman–Crippen LogP) is 1.53. The fourth-order valence-corrected chi connectivity index (χ4v) is 1.94. The summed E-state index contributed by atoms with van der Waals surface area (Å²) in [6.07, 6.45) is -2.13. The largest absolute Gasteiger partial charge is 0.433 e. The smallest absolute Gasteiger partial charge is 0.405 e. The molecule has 0 aromatic heterocycles. The maximum absolute atomic E-state index is 10.9. The lowest BCUT2D eigenvalue weighted by Crippen LogP contribution is -2.26. The first-order valence-electron chi connectivity index (χ1n) is 6.30. The molecule has 0 heterocycles. The average molecular weight is 282 g/mol. The Labute approximate surface area is 121 Å². The number of fused-ring (bicyclic) bond motifs is 1. The zero-order chi connectivity index (χ0) is 15.2. The molecule has 2 amide bonds. The molecule has 0 bridgehead atoms. The standard InChI is InChI=1S/C16H14N2O3/c17-15(19)10-13(21-16(18)20)9-8-12-6-3-5-11-4-1-2-7-14(11)12/h1-7,13H,10H2,(H2,17,19)(H2,18,20). The number of hydrogen-bond acceptors (Lipinski definition) is 3. The van der Waals surface area contributed by atoms with Gasteiger partial charge >= 0.3 is 6.09 Å². The fourth-order valence-electron chi connectivity index (χ4n) is 1.94. The Morgan fingerprint density at radius 1 is 1.10 bits per heavy atom. The highest BCUT2D eigenvalue weighted by atomic mass is 16.6. The zero-order valence-electron chi connectivity index (χ0n) is 11.2. The SMILES string of the molecule is NC(=O)CC(C#Cc1cccc2ccccc12)OC(N)=O. The highest BCUT2D eigenvalue weighted by Gasteiger charge is 2.12. The minimum absolute atomic E-state index is 0.194. The Balaban J connectivity index is 2.33. The van der Waals surface area contributed by atoms with Crippen LogP contribution in [0.5, 0.6) is 0 Å². The summed E-state index contributed by atoms with van der Waals surface area (Å²) in [5.41, 5.74) is 10.8. The number of hydrogen-bond donors (Lipinski definition) is 2. The molecular weight excluding hydrogens is 268 g/mol. The van der Waals surface area contributed by atoms with E-state index in [1.165, 1.54) is 0 Å². The average Bonchev–Trinajstić information content (AvgIpc) is 2.43. The number of carbonyl (C=O) groups excluding carboxylic acids is 2. The summed E-state index contributed by atoms with van der Waals surface area (Å²) in [5.74, 6) is 5.01. The Morgan fingerprint density at radius 2 is 1.81 bits per heavy atom. The monoisotopic (exact) mass is 282 g/mol. The van der Waals surface area contributed by atoms with Gasteiger partial charge in [-0.2, -0.15) is 0 Å². The van der Waals surface area contributed by atoms with Crippen LogP contribution in [0.15, 0.2) is 42.5 Å². The second-order valence-electron chi connectivity index (χ2n) is 4.39. The van der Waals surface area contributed by atoms with Gasteiger partial charge in [0.15, 0.2) is 6.10 Å². The quantitative estimate of drug-likeness (QED) is 0.836. The molecule has 5 heteroatoms. The topological polar surface area (TPSA) is 95.4 Å². The summed E-state index contributed by atoms with van der Waals surface area (Å²) in [7, 11) is 0. The van der Waals surface area contributed by atoms with Gasteiger partial charge in [-0.3, -0.25) is 4.79 Å². The maximum atomic E-state index is 10.9. The Kier molecular flexibility index (Phi) is 4.42. The summed E-state index contributed by atoms with van der Waals surface area (Å²) in [4.78, 5) is 21.7. The molecule has 106 valence electrons. The van der Waals surface area contributed by atoms with Gasteiger partial charge in [0, 0.05) is 5.56 Å². The summed E-state index contributed by atoms with van der Waals surface area (Å²) >= 11 is 0. The van der Waals surface area contributed by atoms with Crippen LogP contribution in [-0.2, 0) is 9.53 Å². The zero-order valence-corrected chi connectivity index (χ0v) is 11.2. The molecule has 0 saturated heterocycles. The fraction of sp³-hybridized carbons (Fsp3) is 0.125. The predicted molar refractivity (Wildman–Crippen MR) is 79.1 cm³/mol. The van der Waals surface area contributed by atoms with Crippen LogP contribution >= 0.6 is 0 Å². The van der Waals surface area contributed by atoms with Crippen molar-refractivity contribution in [2.75, 3.05) is 0 Å². The highest BCUT2D eigenvalue weighted by molar-refractivity contribution is 5.88. The van der Waals surface area contributed by atoms with Crippen molar-refractivity contribution in [3.63, 3.8) is 0 Å². The number of amides is 2. The third kappa shape index (κ3) is 3.98. The highest BCUT2D eigenvalue weighted by Crippen LogP contribution is 2.17. The van der Waals surface area contributed by atoms with Gasteiger partial charge in [-0.25, -0.2) is 4.79 Å².